The summed E-state index contributed by atoms with van der Waals surface area (Å²) in [6.07, 6.45) is 3.14. The molecule has 1 amide bonds. The predicted octanol–water partition coefficient (Wildman–Crippen LogP) is 2.95. The van der Waals surface area contributed by atoms with Crippen molar-refractivity contribution in [3.05, 3.63) is 29.1 Å². The van der Waals surface area contributed by atoms with E-state index in [0.717, 1.165) is 5.57 Å². The maximum Gasteiger partial charge on any atom is 0.410 e. The molecule has 2 heterocycles. The molecule has 5 nitrogen and oxygen atoms in total. The van der Waals surface area contributed by atoms with E-state index >= 15 is 0 Å². The number of nitrogens with two attached hydrogens (primary N) is 1. The fourth-order valence-corrected chi connectivity index (χ4v) is 2.18. The topological polar surface area (TPSA) is 68.5 Å². The lowest BCUT2D eigenvalue weighted by Crippen LogP contribution is -2.35. The third-order valence-electron chi connectivity index (χ3n) is 2.74. The first-order valence-corrected chi connectivity index (χ1v) is 6.72. The number of pyridine rings is 1. The van der Waals surface area contributed by atoms with Gasteiger partial charge in [0.2, 0.25) is 0 Å². The summed E-state index contributed by atoms with van der Waals surface area (Å²) < 4.78 is 5.34. The zero-order valence-electron chi connectivity index (χ0n) is 11.8. The summed E-state index contributed by atoms with van der Waals surface area (Å²) in [4.78, 5) is 17.8. The molecule has 1 aromatic heterocycles. The molecule has 0 atom stereocenters. The minimum absolute atomic E-state index is 0.338. The van der Waals surface area contributed by atoms with Crippen LogP contribution in [0, 0.1) is 0 Å². The van der Waals surface area contributed by atoms with Gasteiger partial charge in [0.25, 0.3) is 0 Å². The van der Waals surface area contributed by atoms with Gasteiger partial charge in [-0.3, -0.25) is 4.98 Å². The third-order valence-corrected chi connectivity index (χ3v) is 3.03. The summed E-state index contributed by atoms with van der Waals surface area (Å²) in [5.74, 6) is 0. The highest BCUT2D eigenvalue weighted by molar-refractivity contribution is 6.32. The van der Waals surface area contributed by atoms with Gasteiger partial charge in [0.05, 0.1) is 29.1 Å². The number of anilines is 1. The number of nitrogens with zero attached hydrogens (tertiary/aromatic N) is 2. The Labute approximate surface area is 123 Å². The van der Waals surface area contributed by atoms with Crippen LogP contribution in [0.1, 0.15) is 26.5 Å². The van der Waals surface area contributed by atoms with Gasteiger partial charge in [0, 0.05) is 6.54 Å². The Balaban J connectivity index is 2.07. The number of rotatable bonds is 1. The lowest BCUT2D eigenvalue weighted by molar-refractivity contribution is 0.0306. The van der Waals surface area contributed by atoms with Crippen molar-refractivity contribution in [1.82, 2.24) is 9.88 Å². The standard InChI is InChI=1S/C14H18ClN3O2/c1-14(2,3)20-13(19)18-5-4-9(8-18)12-11(15)6-10(16)7-17-12/h4,6-7H,5,8,16H2,1-3H3. The van der Waals surface area contributed by atoms with Crippen LogP contribution in [0.4, 0.5) is 10.5 Å². The SMILES string of the molecule is CC(C)(C)OC(=O)N1CC=C(c2ncc(N)cc2Cl)C1. The molecule has 0 radical (unpaired) electrons. The molecule has 1 aliphatic rings. The van der Waals surface area contributed by atoms with Crippen LogP contribution >= 0.6 is 11.6 Å². The van der Waals surface area contributed by atoms with Crippen LogP contribution in [0.25, 0.3) is 5.57 Å². The smallest absolute Gasteiger partial charge is 0.410 e. The van der Waals surface area contributed by atoms with Gasteiger partial charge < -0.3 is 15.4 Å². The quantitative estimate of drug-likeness (QED) is 0.865. The highest BCUT2D eigenvalue weighted by Gasteiger charge is 2.26. The number of ether oxygens (including phenoxy) is 1. The molecule has 0 aliphatic carbocycles. The number of aromatic nitrogens is 1. The highest BCUT2D eigenvalue weighted by atomic mass is 35.5. The molecular formula is C14H18ClN3O2. The molecule has 0 unspecified atom stereocenters. The van der Waals surface area contributed by atoms with E-state index in [1.807, 2.05) is 26.8 Å². The largest absolute Gasteiger partial charge is 0.444 e. The number of nitrogen functional groups attached to an aromatic ring is 1. The van der Waals surface area contributed by atoms with E-state index in [-0.39, 0.29) is 6.09 Å². The van der Waals surface area contributed by atoms with Crippen molar-refractivity contribution >= 4 is 29.0 Å². The van der Waals surface area contributed by atoms with Gasteiger partial charge in [-0.25, -0.2) is 4.79 Å². The molecule has 0 saturated heterocycles. The van der Waals surface area contributed by atoms with E-state index in [1.165, 1.54) is 0 Å². The first-order valence-electron chi connectivity index (χ1n) is 6.34. The van der Waals surface area contributed by atoms with Crippen molar-refractivity contribution < 1.29 is 9.53 Å². The molecule has 1 aromatic rings. The van der Waals surface area contributed by atoms with E-state index in [0.29, 0.717) is 29.5 Å². The summed E-state index contributed by atoms with van der Waals surface area (Å²) in [5.41, 5.74) is 7.20. The molecule has 0 saturated carbocycles. The van der Waals surface area contributed by atoms with E-state index in [9.17, 15) is 4.79 Å². The van der Waals surface area contributed by atoms with E-state index in [4.69, 9.17) is 22.1 Å². The van der Waals surface area contributed by atoms with Crippen molar-refractivity contribution in [3.8, 4) is 0 Å². The predicted molar refractivity (Wildman–Crippen MR) is 79.4 cm³/mol. The molecule has 0 fully saturated rings. The summed E-state index contributed by atoms with van der Waals surface area (Å²) >= 11 is 6.13. The van der Waals surface area contributed by atoms with Crippen LogP contribution in [-0.4, -0.2) is 34.7 Å². The summed E-state index contributed by atoms with van der Waals surface area (Å²) in [7, 11) is 0. The second kappa shape index (κ2) is 5.32. The fraction of sp³-hybridized carbons (Fsp3) is 0.429. The van der Waals surface area contributed by atoms with Gasteiger partial charge in [-0.1, -0.05) is 17.7 Å². The van der Waals surface area contributed by atoms with Crippen molar-refractivity contribution in [2.75, 3.05) is 18.8 Å². The highest BCUT2D eigenvalue weighted by Crippen LogP contribution is 2.27. The first-order chi connectivity index (χ1) is 9.26. The number of carbonyl (C=O) groups is 1. The number of halogens is 1. The average molecular weight is 296 g/mol. The van der Waals surface area contributed by atoms with Crippen molar-refractivity contribution in [2.45, 2.75) is 26.4 Å². The molecule has 0 spiro atoms. The zero-order valence-corrected chi connectivity index (χ0v) is 12.6. The van der Waals surface area contributed by atoms with Crippen LogP contribution < -0.4 is 5.73 Å². The van der Waals surface area contributed by atoms with E-state index < -0.39 is 5.60 Å². The molecule has 20 heavy (non-hydrogen) atoms. The van der Waals surface area contributed by atoms with Gasteiger partial charge in [0.15, 0.2) is 0 Å². The molecule has 108 valence electrons. The number of carbonyl (C=O) groups excluding carboxylic acids is 1. The second-order valence-electron chi connectivity index (χ2n) is 5.69. The zero-order chi connectivity index (χ0) is 14.9. The lowest BCUT2D eigenvalue weighted by atomic mass is 10.2. The van der Waals surface area contributed by atoms with Gasteiger partial charge in [-0.2, -0.15) is 0 Å². The van der Waals surface area contributed by atoms with Crippen molar-refractivity contribution in [2.24, 2.45) is 0 Å². The van der Waals surface area contributed by atoms with Crippen molar-refractivity contribution in [3.63, 3.8) is 0 Å². The van der Waals surface area contributed by atoms with Crippen molar-refractivity contribution in [1.29, 1.82) is 0 Å². The molecule has 0 aromatic carbocycles. The maximum absolute atomic E-state index is 12.0. The van der Waals surface area contributed by atoms with E-state index in [1.54, 1.807) is 17.2 Å². The Morgan fingerprint density at radius 2 is 2.20 bits per heavy atom. The fourth-order valence-electron chi connectivity index (χ4n) is 1.88. The van der Waals surface area contributed by atoms with E-state index in [2.05, 4.69) is 4.98 Å². The Morgan fingerprint density at radius 3 is 2.80 bits per heavy atom. The maximum atomic E-state index is 12.0. The number of hydrogen-bond donors (Lipinski definition) is 1. The summed E-state index contributed by atoms with van der Waals surface area (Å²) in [6.45, 7) is 6.45. The van der Waals surface area contributed by atoms with Crippen LogP contribution in [0.5, 0.6) is 0 Å². The van der Waals surface area contributed by atoms with Crippen LogP contribution in [-0.2, 0) is 4.74 Å². The summed E-state index contributed by atoms with van der Waals surface area (Å²) in [6, 6.07) is 1.65. The van der Waals surface area contributed by atoms with Gasteiger partial charge >= 0.3 is 6.09 Å². The van der Waals surface area contributed by atoms with Crippen LogP contribution in [0.2, 0.25) is 5.02 Å². The third kappa shape index (κ3) is 3.42. The molecule has 1 aliphatic heterocycles. The molecular weight excluding hydrogens is 278 g/mol. The molecule has 6 heteroatoms. The second-order valence-corrected chi connectivity index (χ2v) is 6.10. The lowest BCUT2D eigenvalue weighted by Gasteiger charge is -2.24. The average Bonchev–Trinajstić information content (AvgIpc) is 2.75. The van der Waals surface area contributed by atoms with Gasteiger partial charge in [-0.15, -0.1) is 0 Å². The summed E-state index contributed by atoms with van der Waals surface area (Å²) in [5, 5.41) is 0.488. The van der Waals surface area contributed by atoms with Crippen LogP contribution in [0.3, 0.4) is 0 Å². The number of amides is 1. The molecule has 2 rings (SSSR count). The minimum Gasteiger partial charge on any atom is -0.444 e. The van der Waals surface area contributed by atoms with Gasteiger partial charge in [-0.05, 0) is 32.4 Å². The Hall–Kier alpha value is -1.75. The monoisotopic (exact) mass is 295 g/mol. The molecule has 0 bridgehead atoms. The van der Waals surface area contributed by atoms with Crippen LogP contribution in [0.15, 0.2) is 18.3 Å². The Kier molecular flexibility index (Phi) is 3.90. The van der Waals surface area contributed by atoms with Gasteiger partial charge in [0.1, 0.15) is 5.60 Å². The number of hydrogen-bond acceptors (Lipinski definition) is 4. The molecule has 2 N–H and O–H groups in total. The minimum atomic E-state index is -0.503. The first kappa shape index (κ1) is 14.7. The normalized spacial score (nSPS) is 15.2. The Morgan fingerprint density at radius 1 is 1.50 bits per heavy atom. The Bertz CT molecular complexity index is 564.